The van der Waals surface area contributed by atoms with Gasteiger partial charge in [0, 0.05) is 42.3 Å². The van der Waals surface area contributed by atoms with Gasteiger partial charge in [-0.15, -0.1) is 11.8 Å². The molecule has 0 aromatic rings. The Morgan fingerprint density at radius 3 is 2.65 bits per heavy atom. The summed E-state index contributed by atoms with van der Waals surface area (Å²) in [6.07, 6.45) is 16.8. The van der Waals surface area contributed by atoms with E-state index in [0.717, 1.165) is 60.0 Å². The van der Waals surface area contributed by atoms with Crippen LogP contribution in [0.3, 0.4) is 0 Å². The maximum atomic E-state index is 12.1. The minimum absolute atomic E-state index is 0.118. The van der Waals surface area contributed by atoms with Gasteiger partial charge in [0.25, 0.3) is 0 Å². The highest BCUT2D eigenvalue weighted by Gasteiger charge is 2.27. The number of allylic oxidation sites excluding steroid dienone is 6. The zero-order chi connectivity index (χ0) is 27.5. The van der Waals surface area contributed by atoms with Crippen molar-refractivity contribution in [2.45, 2.75) is 97.5 Å². The van der Waals surface area contributed by atoms with Crippen molar-refractivity contribution in [1.82, 2.24) is 5.06 Å². The van der Waals surface area contributed by atoms with Gasteiger partial charge >= 0.3 is 11.9 Å². The molecule has 1 rings (SSSR count). The van der Waals surface area contributed by atoms with Crippen molar-refractivity contribution < 1.29 is 24.2 Å². The molecule has 0 aromatic heterocycles. The first-order valence-corrected chi connectivity index (χ1v) is 14.7. The Kier molecular flexibility index (Phi) is 17.8. The topological polar surface area (TPSA) is 99.1 Å². The summed E-state index contributed by atoms with van der Waals surface area (Å²) in [6, 6.07) is 0. The van der Waals surface area contributed by atoms with Gasteiger partial charge in [0.15, 0.2) is 0 Å². The van der Waals surface area contributed by atoms with Crippen molar-refractivity contribution in [2.24, 2.45) is 5.92 Å². The van der Waals surface area contributed by atoms with Crippen LogP contribution < -0.4 is 0 Å². The molecule has 0 heterocycles. The number of aliphatic hydroxyl groups is 1. The quantitative estimate of drug-likeness (QED) is 0.0634. The lowest BCUT2D eigenvalue weighted by molar-refractivity contribution is -0.141. The van der Waals surface area contributed by atoms with Crippen LogP contribution in [0.15, 0.2) is 46.7 Å². The number of hydroxylamine groups is 2. The Labute approximate surface area is 227 Å². The number of rotatable bonds is 19. The molecule has 37 heavy (non-hydrogen) atoms. The molecule has 8 heteroatoms. The SMILES string of the molecule is CC/C=C(\C=C/CCC(O)/C=C/[C@H]1CCC(OC(=O)CCC)=C1SCCCCCC(=O)OC)N([O-])CC. The fraction of sp³-hybridized carbons (Fsp3) is 0.655. The molecule has 1 aliphatic rings. The molecule has 0 aromatic carbocycles. The van der Waals surface area contributed by atoms with E-state index >= 15 is 0 Å². The number of esters is 2. The van der Waals surface area contributed by atoms with E-state index in [0.29, 0.717) is 44.3 Å². The van der Waals surface area contributed by atoms with Gasteiger partial charge in [0.05, 0.1) is 13.2 Å². The molecule has 0 bridgehead atoms. The molecule has 2 atom stereocenters. The third-order valence-electron chi connectivity index (χ3n) is 5.97. The summed E-state index contributed by atoms with van der Waals surface area (Å²) in [5.41, 5.74) is 0.656. The molecule has 0 spiro atoms. The zero-order valence-corrected chi connectivity index (χ0v) is 23.9. The van der Waals surface area contributed by atoms with E-state index in [1.165, 1.54) is 7.11 Å². The van der Waals surface area contributed by atoms with Crippen molar-refractivity contribution in [3.05, 3.63) is 51.9 Å². The van der Waals surface area contributed by atoms with Crippen LogP contribution in [0.1, 0.15) is 91.4 Å². The largest absolute Gasteiger partial charge is 0.758 e. The van der Waals surface area contributed by atoms with E-state index in [2.05, 4.69) is 4.74 Å². The average molecular weight is 537 g/mol. The van der Waals surface area contributed by atoms with E-state index in [1.54, 1.807) is 11.8 Å². The van der Waals surface area contributed by atoms with E-state index in [4.69, 9.17) is 4.74 Å². The van der Waals surface area contributed by atoms with Crippen LogP contribution in [0.5, 0.6) is 0 Å². The van der Waals surface area contributed by atoms with Gasteiger partial charge in [-0.3, -0.25) is 9.59 Å². The second-order valence-electron chi connectivity index (χ2n) is 9.06. The fourth-order valence-electron chi connectivity index (χ4n) is 3.92. The highest BCUT2D eigenvalue weighted by molar-refractivity contribution is 8.03. The Bertz CT molecular complexity index is 804. The van der Waals surface area contributed by atoms with Crippen molar-refractivity contribution >= 4 is 23.7 Å². The van der Waals surface area contributed by atoms with Crippen LogP contribution in [0.2, 0.25) is 0 Å². The van der Waals surface area contributed by atoms with Crippen molar-refractivity contribution in [3.63, 3.8) is 0 Å². The first-order chi connectivity index (χ1) is 17.9. The summed E-state index contributed by atoms with van der Waals surface area (Å²) in [4.78, 5) is 24.5. The highest BCUT2D eigenvalue weighted by Crippen LogP contribution is 2.41. The minimum atomic E-state index is -0.589. The number of unbranched alkanes of at least 4 members (excludes halogenated alkanes) is 2. The van der Waals surface area contributed by atoms with E-state index in [9.17, 15) is 19.9 Å². The maximum Gasteiger partial charge on any atom is 0.310 e. The number of carbonyl (C=O) groups excluding carboxylic acids is 2. The van der Waals surface area contributed by atoms with Gasteiger partial charge in [-0.05, 0) is 63.7 Å². The lowest BCUT2D eigenvalue weighted by atomic mass is 10.1. The van der Waals surface area contributed by atoms with E-state index in [1.807, 2.05) is 51.2 Å². The second-order valence-corrected chi connectivity index (χ2v) is 10.2. The number of hydrogen-bond donors (Lipinski definition) is 1. The van der Waals surface area contributed by atoms with E-state index < -0.39 is 6.10 Å². The molecule has 0 radical (unpaired) electrons. The van der Waals surface area contributed by atoms with E-state index in [-0.39, 0.29) is 17.9 Å². The summed E-state index contributed by atoms with van der Waals surface area (Å²) in [5.74, 6) is 1.39. The molecule has 0 aliphatic heterocycles. The number of carbonyl (C=O) groups is 2. The Hall–Kier alpha value is -2.03. The van der Waals surface area contributed by atoms with Gasteiger partial charge in [-0.25, -0.2) is 0 Å². The number of thioether (sulfide) groups is 1. The third-order valence-corrected chi connectivity index (χ3v) is 7.30. The standard InChI is InChI=1S/C29H46NO6S/c1-5-13-24(30(34)7-3)15-10-11-16-25(31)20-18-23-19-21-26(36-28(33)14-6-2)29(23)37-22-12-8-9-17-27(32)35-4/h10,13,15,18,20,23,25,31H,5-9,11-12,14,16-17,19,21-22H2,1-4H3/q-1/b15-10-,20-18+,24-13+/t23-,25?/m0/s1. The lowest BCUT2D eigenvalue weighted by Gasteiger charge is -2.30. The van der Waals surface area contributed by atoms with Crippen molar-refractivity contribution in [2.75, 3.05) is 19.4 Å². The maximum absolute atomic E-state index is 12.1. The monoisotopic (exact) mass is 536 g/mol. The van der Waals surface area contributed by atoms with Crippen molar-refractivity contribution in [3.8, 4) is 0 Å². The summed E-state index contributed by atoms with van der Waals surface area (Å²) >= 11 is 1.71. The predicted molar refractivity (Wildman–Crippen MR) is 151 cm³/mol. The molecule has 210 valence electrons. The van der Waals surface area contributed by atoms with Crippen LogP contribution in [-0.4, -0.2) is 47.6 Å². The fourth-order valence-corrected chi connectivity index (χ4v) is 5.20. The molecule has 1 aliphatic carbocycles. The van der Waals surface area contributed by atoms with Gasteiger partial charge in [-0.1, -0.05) is 44.6 Å². The molecule has 0 saturated heterocycles. The average Bonchev–Trinajstić information content (AvgIpc) is 3.26. The number of hydrogen-bond acceptors (Lipinski definition) is 8. The van der Waals surface area contributed by atoms with Crippen LogP contribution in [0.25, 0.3) is 0 Å². The number of methoxy groups -OCH3 is 1. The smallest absolute Gasteiger partial charge is 0.310 e. The molecular formula is C29H46NO6S-. The molecule has 0 fully saturated rings. The summed E-state index contributed by atoms with van der Waals surface area (Å²) in [6.45, 7) is 6.18. The van der Waals surface area contributed by atoms with Gasteiger partial charge in [0.1, 0.15) is 5.76 Å². The lowest BCUT2D eigenvalue weighted by Crippen LogP contribution is -2.13. The third kappa shape index (κ3) is 13.9. The highest BCUT2D eigenvalue weighted by atomic mass is 32.2. The number of likely N-dealkylation sites (N-methyl/N-ethyl adjacent to an activating group) is 1. The molecule has 1 unspecified atom stereocenters. The van der Waals surface area contributed by atoms with Gasteiger partial charge < -0.3 is 24.9 Å². The summed E-state index contributed by atoms with van der Waals surface area (Å²) in [5, 5.41) is 23.3. The Balaban J connectivity index is 2.67. The number of aliphatic hydroxyl groups excluding tert-OH is 1. The second kappa shape index (κ2) is 20.0. The van der Waals surface area contributed by atoms with Crippen LogP contribution >= 0.6 is 11.8 Å². The summed E-state index contributed by atoms with van der Waals surface area (Å²) < 4.78 is 10.4. The molecule has 1 N–H and O–H groups in total. The Morgan fingerprint density at radius 2 is 1.97 bits per heavy atom. The number of nitrogens with zero attached hydrogens (tertiary/aromatic N) is 1. The predicted octanol–water partition coefficient (Wildman–Crippen LogP) is 6.79. The minimum Gasteiger partial charge on any atom is -0.758 e. The molecule has 0 amide bonds. The summed E-state index contributed by atoms with van der Waals surface area (Å²) in [7, 11) is 1.41. The molecule has 7 nitrogen and oxygen atoms in total. The van der Waals surface area contributed by atoms with Crippen LogP contribution in [0.4, 0.5) is 0 Å². The molecule has 0 saturated carbocycles. The van der Waals surface area contributed by atoms with Crippen molar-refractivity contribution in [1.29, 1.82) is 0 Å². The van der Waals surface area contributed by atoms with Gasteiger partial charge in [0.2, 0.25) is 0 Å². The number of ether oxygens (including phenoxy) is 2. The first kappa shape index (κ1) is 33.0. The Morgan fingerprint density at radius 1 is 1.19 bits per heavy atom. The zero-order valence-electron chi connectivity index (χ0n) is 23.1. The molecular weight excluding hydrogens is 490 g/mol. The van der Waals surface area contributed by atoms with Crippen LogP contribution in [-0.2, 0) is 19.1 Å². The van der Waals surface area contributed by atoms with Crippen LogP contribution in [0, 0.1) is 11.1 Å². The van der Waals surface area contributed by atoms with Gasteiger partial charge in [-0.2, -0.15) is 0 Å². The normalized spacial score (nSPS) is 17.1. The first-order valence-electron chi connectivity index (χ1n) is 13.7.